The molecule has 1 fully saturated rings. The molecule has 0 aliphatic heterocycles. The maximum absolute atomic E-state index is 11.8. The van der Waals surface area contributed by atoms with Gasteiger partial charge in [-0.3, -0.25) is 4.79 Å². The van der Waals surface area contributed by atoms with Crippen molar-refractivity contribution < 1.29 is 14.7 Å². The lowest BCUT2D eigenvalue weighted by atomic mass is 9.86. The summed E-state index contributed by atoms with van der Waals surface area (Å²) in [6.45, 7) is 0. The molecule has 5 heteroatoms. The Morgan fingerprint density at radius 2 is 2.00 bits per heavy atom. The summed E-state index contributed by atoms with van der Waals surface area (Å²) >= 11 is 1.60. The van der Waals surface area contributed by atoms with Crippen LogP contribution in [0.1, 0.15) is 51.4 Å². The fourth-order valence-electron chi connectivity index (χ4n) is 2.57. The normalized spacial score (nSPS) is 17.9. The number of carboxylic acids is 1. The van der Waals surface area contributed by atoms with E-state index in [4.69, 9.17) is 5.11 Å². The molecule has 0 saturated heterocycles. The molecule has 1 atom stereocenters. The molecule has 1 rings (SSSR count). The van der Waals surface area contributed by atoms with Crippen molar-refractivity contribution in [2.75, 3.05) is 12.0 Å². The Morgan fingerprint density at radius 1 is 1.32 bits per heavy atom. The average Bonchev–Trinajstić information content (AvgIpc) is 2.42. The van der Waals surface area contributed by atoms with Crippen LogP contribution < -0.4 is 5.32 Å². The Hall–Kier alpha value is -0.710. The quantitative estimate of drug-likeness (QED) is 0.720. The first-order valence-corrected chi connectivity index (χ1v) is 8.54. The van der Waals surface area contributed by atoms with Gasteiger partial charge < -0.3 is 10.4 Å². The molecule has 1 aliphatic carbocycles. The first-order valence-electron chi connectivity index (χ1n) is 7.14. The third-order valence-electron chi connectivity index (χ3n) is 3.75. The molecule has 1 amide bonds. The Bertz CT molecular complexity index is 290. The predicted octanol–water partition coefficient (Wildman–Crippen LogP) is 2.67. The van der Waals surface area contributed by atoms with Crippen LogP contribution in [0.2, 0.25) is 0 Å². The van der Waals surface area contributed by atoms with Gasteiger partial charge in [-0.15, -0.1) is 0 Å². The largest absolute Gasteiger partial charge is 0.480 e. The van der Waals surface area contributed by atoms with Gasteiger partial charge in [-0.25, -0.2) is 4.79 Å². The zero-order chi connectivity index (χ0) is 14.1. The van der Waals surface area contributed by atoms with Gasteiger partial charge in [0.25, 0.3) is 0 Å². The number of rotatable bonds is 8. The molecule has 0 aromatic heterocycles. The van der Waals surface area contributed by atoms with E-state index in [1.54, 1.807) is 11.8 Å². The van der Waals surface area contributed by atoms with Crippen LogP contribution in [0.25, 0.3) is 0 Å². The monoisotopic (exact) mass is 287 g/mol. The molecule has 0 aromatic carbocycles. The first-order chi connectivity index (χ1) is 9.13. The number of carbonyl (C=O) groups excluding carboxylic acids is 1. The number of amides is 1. The van der Waals surface area contributed by atoms with Gasteiger partial charge in [-0.1, -0.05) is 32.1 Å². The fourth-order valence-corrected chi connectivity index (χ4v) is 3.04. The van der Waals surface area contributed by atoms with Gasteiger partial charge in [0.15, 0.2) is 0 Å². The molecule has 0 heterocycles. The highest BCUT2D eigenvalue weighted by molar-refractivity contribution is 7.98. The Kier molecular flexibility index (Phi) is 7.94. The van der Waals surface area contributed by atoms with Gasteiger partial charge in [0.2, 0.25) is 5.91 Å². The number of thioether (sulfide) groups is 1. The highest BCUT2D eigenvalue weighted by Gasteiger charge is 2.20. The summed E-state index contributed by atoms with van der Waals surface area (Å²) in [5.74, 6) is 0.369. The summed E-state index contributed by atoms with van der Waals surface area (Å²) in [6.07, 6.45) is 10.1. The van der Waals surface area contributed by atoms with Gasteiger partial charge in [-0.2, -0.15) is 11.8 Å². The van der Waals surface area contributed by atoms with Gasteiger partial charge in [-0.05, 0) is 30.8 Å². The number of aliphatic carboxylic acids is 1. The van der Waals surface area contributed by atoms with Crippen molar-refractivity contribution in [3.05, 3.63) is 0 Å². The van der Waals surface area contributed by atoms with Crippen LogP contribution in [0.5, 0.6) is 0 Å². The molecular formula is C14H25NO3S. The van der Waals surface area contributed by atoms with Crippen molar-refractivity contribution in [2.24, 2.45) is 5.92 Å². The van der Waals surface area contributed by atoms with Gasteiger partial charge in [0.05, 0.1) is 0 Å². The van der Waals surface area contributed by atoms with Crippen molar-refractivity contribution >= 4 is 23.6 Å². The fraction of sp³-hybridized carbons (Fsp3) is 0.857. The second-order valence-corrected chi connectivity index (χ2v) is 6.27. The van der Waals surface area contributed by atoms with Gasteiger partial charge in [0.1, 0.15) is 6.04 Å². The van der Waals surface area contributed by atoms with Crippen LogP contribution in [0.15, 0.2) is 0 Å². The molecule has 2 N–H and O–H groups in total. The first kappa shape index (κ1) is 16.3. The smallest absolute Gasteiger partial charge is 0.326 e. The Morgan fingerprint density at radius 3 is 2.58 bits per heavy atom. The molecule has 1 unspecified atom stereocenters. The standard InChI is InChI=1S/C14H25NO3S/c1-19-10-9-12(14(17)18)15-13(16)8-7-11-5-3-2-4-6-11/h11-12H,2-10H2,1H3,(H,15,16)(H,17,18). The third-order valence-corrected chi connectivity index (χ3v) is 4.39. The maximum atomic E-state index is 11.8. The molecule has 19 heavy (non-hydrogen) atoms. The Balaban J connectivity index is 2.25. The minimum absolute atomic E-state index is 0.112. The minimum atomic E-state index is -0.930. The van der Waals surface area contributed by atoms with Gasteiger partial charge in [0, 0.05) is 6.42 Å². The zero-order valence-corrected chi connectivity index (χ0v) is 12.5. The topological polar surface area (TPSA) is 66.4 Å². The van der Waals surface area contributed by atoms with Crippen LogP contribution in [0.3, 0.4) is 0 Å². The van der Waals surface area contributed by atoms with Crippen molar-refractivity contribution in [1.82, 2.24) is 5.32 Å². The van der Waals surface area contributed by atoms with E-state index in [1.165, 1.54) is 32.1 Å². The number of hydrogen-bond acceptors (Lipinski definition) is 3. The minimum Gasteiger partial charge on any atom is -0.480 e. The summed E-state index contributed by atoms with van der Waals surface area (Å²) in [5.41, 5.74) is 0. The van der Waals surface area contributed by atoms with E-state index in [0.717, 1.165) is 12.2 Å². The summed E-state index contributed by atoms with van der Waals surface area (Å²) in [6, 6.07) is -0.730. The van der Waals surface area contributed by atoms with Crippen LogP contribution in [0.4, 0.5) is 0 Å². The van der Waals surface area contributed by atoms with E-state index in [-0.39, 0.29) is 5.91 Å². The lowest BCUT2D eigenvalue weighted by Crippen LogP contribution is -2.41. The van der Waals surface area contributed by atoms with Crippen molar-refractivity contribution in [1.29, 1.82) is 0 Å². The maximum Gasteiger partial charge on any atom is 0.326 e. The summed E-state index contributed by atoms with van der Waals surface area (Å²) < 4.78 is 0. The molecule has 1 aliphatic rings. The number of carbonyl (C=O) groups is 2. The summed E-state index contributed by atoms with van der Waals surface area (Å²) in [7, 11) is 0. The Labute approximate surface area is 119 Å². The van der Waals surface area contributed by atoms with E-state index in [9.17, 15) is 9.59 Å². The van der Waals surface area contributed by atoms with E-state index < -0.39 is 12.0 Å². The van der Waals surface area contributed by atoms with Crippen molar-refractivity contribution in [3.8, 4) is 0 Å². The lowest BCUT2D eigenvalue weighted by Gasteiger charge is -2.21. The number of hydrogen-bond donors (Lipinski definition) is 2. The molecular weight excluding hydrogens is 262 g/mol. The molecule has 1 saturated carbocycles. The average molecular weight is 287 g/mol. The van der Waals surface area contributed by atoms with E-state index in [0.29, 0.717) is 18.8 Å². The van der Waals surface area contributed by atoms with Crippen LogP contribution in [-0.2, 0) is 9.59 Å². The van der Waals surface area contributed by atoms with Crippen molar-refractivity contribution in [3.63, 3.8) is 0 Å². The SMILES string of the molecule is CSCCC(NC(=O)CCC1CCCCC1)C(=O)O. The number of nitrogens with one attached hydrogen (secondary N) is 1. The van der Waals surface area contributed by atoms with Crippen LogP contribution in [-0.4, -0.2) is 35.0 Å². The molecule has 0 spiro atoms. The summed E-state index contributed by atoms with van der Waals surface area (Å²) in [5, 5.41) is 11.7. The zero-order valence-electron chi connectivity index (χ0n) is 11.7. The predicted molar refractivity (Wildman–Crippen MR) is 78.4 cm³/mol. The van der Waals surface area contributed by atoms with E-state index in [1.807, 2.05) is 6.26 Å². The molecule has 0 bridgehead atoms. The number of carboxylic acid groups (broad SMARTS) is 1. The summed E-state index contributed by atoms with van der Waals surface area (Å²) in [4.78, 5) is 22.8. The molecule has 0 aromatic rings. The van der Waals surface area contributed by atoms with Crippen LogP contribution in [0, 0.1) is 5.92 Å². The second-order valence-electron chi connectivity index (χ2n) is 5.28. The molecule has 4 nitrogen and oxygen atoms in total. The van der Waals surface area contributed by atoms with E-state index in [2.05, 4.69) is 5.32 Å². The van der Waals surface area contributed by atoms with E-state index >= 15 is 0 Å². The molecule has 110 valence electrons. The highest BCUT2D eigenvalue weighted by Crippen LogP contribution is 2.27. The molecule has 0 radical (unpaired) electrons. The second kappa shape index (κ2) is 9.23. The third kappa shape index (κ3) is 6.85. The van der Waals surface area contributed by atoms with Crippen LogP contribution >= 0.6 is 11.8 Å². The highest BCUT2D eigenvalue weighted by atomic mass is 32.2. The van der Waals surface area contributed by atoms with Gasteiger partial charge >= 0.3 is 5.97 Å². The van der Waals surface area contributed by atoms with Crippen molar-refractivity contribution in [2.45, 2.75) is 57.4 Å². The lowest BCUT2D eigenvalue weighted by molar-refractivity contribution is -0.141.